The van der Waals surface area contributed by atoms with Gasteiger partial charge in [0.25, 0.3) is 0 Å². The molecule has 1 saturated heterocycles. The van der Waals surface area contributed by atoms with E-state index in [1.807, 2.05) is 16.9 Å². The number of hydrogen-bond donors (Lipinski definition) is 2. The van der Waals surface area contributed by atoms with E-state index in [4.69, 9.17) is 4.74 Å². The van der Waals surface area contributed by atoms with Crippen LogP contribution in [0.1, 0.15) is 6.92 Å². The van der Waals surface area contributed by atoms with Crippen molar-refractivity contribution in [2.45, 2.75) is 19.6 Å². The number of carbonyl (C=O) groups excluding carboxylic acids is 1. The lowest BCUT2D eigenvalue weighted by atomic mass is 10.2. The Kier molecular flexibility index (Phi) is 4.72. The van der Waals surface area contributed by atoms with E-state index in [0.717, 1.165) is 13.1 Å². The molecule has 2 N–H and O–H groups in total. The molecule has 2 unspecified atom stereocenters. The van der Waals surface area contributed by atoms with Crippen LogP contribution in [0.2, 0.25) is 0 Å². The highest BCUT2D eigenvalue weighted by Crippen LogP contribution is 2.00. The summed E-state index contributed by atoms with van der Waals surface area (Å²) in [4.78, 5) is 11.8. The summed E-state index contributed by atoms with van der Waals surface area (Å²) in [5, 5.41) is 10.2. The smallest absolute Gasteiger partial charge is 0.250 e. The van der Waals surface area contributed by atoms with Gasteiger partial charge in [-0.3, -0.25) is 9.48 Å². The molecular formula is C12H20N4O2. The van der Waals surface area contributed by atoms with Crippen molar-refractivity contribution in [2.24, 2.45) is 5.92 Å². The van der Waals surface area contributed by atoms with Crippen LogP contribution in [0.15, 0.2) is 18.5 Å². The van der Waals surface area contributed by atoms with E-state index in [-0.39, 0.29) is 12.0 Å². The molecule has 0 saturated carbocycles. The molecule has 1 fully saturated rings. The maximum Gasteiger partial charge on any atom is 0.250 e. The van der Waals surface area contributed by atoms with Gasteiger partial charge in [-0.1, -0.05) is 6.92 Å². The minimum absolute atomic E-state index is 0.0329. The van der Waals surface area contributed by atoms with E-state index in [9.17, 15) is 4.79 Å². The second-order valence-corrected chi connectivity index (χ2v) is 4.64. The third-order valence-corrected chi connectivity index (χ3v) is 2.90. The van der Waals surface area contributed by atoms with E-state index in [1.165, 1.54) is 0 Å². The van der Waals surface area contributed by atoms with E-state index in [1.54, 1.807) is 6.20 Å². The summed E-state index contributed by atoms with van der Waals surface area (Å²) < 4.78 is 7.26. The summed E-state index contributed by atoms with van der Waals surface area (Å²) in [6, 6.07) is 1.90. The fourth-order valence-electron chi connectivity index (χ4n) is 1.91. The van der Waals surface area contributed by atoms with Gasteiger partial charge in [-0.2, -0.15) is 5.10 Å². The molecule has 100 valence electrons. The summed E-state index contributed by atoms with van der Waals surface area (Å²) in [5.74, 6) is 0.305. The number of carbonyl (C=O) groups is 1. The Hall–Kier alpha value is -1.40. The largest absolute Gasteiger partial charge is 0.366 e. The zero-order valence-corrected chi connectivity index (χ0v) is 10.6. The van der Waals surface area contributed by atoms with E-state index in [0.29, 0.717) is 25.6 Å². The molecule has 6 nitrogen and oxygen atoms in total. The number of ether oxygens (including phenoxy) is 1. The Morgan fingerprint density at radius 3 is 3.28 bits per heavy atom. The van der Waals surface area contributed by atoms with Gasteiger partial charge >= 0.3 is 0 Å². The minimum Gasteiger partial charge on any atom is -0.366 e. The average molecular weight is 252 g/mol. The Balaban J connectivity index is 1.68. The number of morpholine rings is 1. The Bertz CT molecular complexity index is 360. The van der Waals surface area contributed by atoms with Gasteiger partial charge in [-0.25, -0.2) is 0 Å². The Labute approximate surface area is 107 Å². The summed E-state index contributed by atoms with van der Waals surface area (Å²) in [6.07, 6.45) is 3.33. The molecule has 18 heavy (non-hydrogen) atoms. The zero-order chi connectivity index (χ0) is 12.8. The van der Waals surface area contributed by atoms with Crippen molar-refractivity contribution >= 4 is 5.91 Å². The van der Waals surface area contributed by atoms with E-state index in [2.05, 4.69) is 22.7 Å². The maximum atomic E-state index is 11.8. The van der Waals surface area contributed by atoms with Crippen LogP contribution in [-0.4, -0.2) is 48.0 Å². The van der Waals surface area contributed by atoms with Crippen LogP contribution in [-0.2, 0) is 16.1 Å². The first kappa shape index (κ1) is 13.0. The number of hydrogen-bond acceptors (Lipinski definition) is 4. The molecule has 0 spiro atoms. The highest BCUT2D eigenvalue weighted by atomic mass is 16.5. The summed E-state index contributed by atoms with van der Waals surface area (Å²) in [7, 11) is 0. The normalized spacial score (nSPS) is 21.5. The van der Waals surface area contributed by atoms with Crippen molar-refractivity contribution < 1.29 is 9.53 Å². The third kappa shape index (κ3) is 3.82. The first-order valence-electron chi connectivity index (χ1n) is 6.33. The molecule has 0 radical (unpaired) electrons. The molecule has 1 aromatic rings. The van der Waals surface area contributed by atoms with Crippen molar-refractivity contribution in [1.29, 1.82) is 0 Å². The molecule has 0 aromatic carbocycles. The van der Waals surface area contributed by atoms with Gasteiger partial charge in [0, 0.05) is 38.6 Å². The van der Waals surface area contributed by atoms with Crippen LogP contribution in [0.4, 0.5) is 0 Å². The highest BCUT2D eigenvalue weighted by molar-refractivity contribution is 5.81. The van der Waals surface area contributed by atoms with Crippen LogP contribution < -0.4 is 10.6 Å². The molecule has 2 heterocycles. The standard InChI is InChI=1S/C12H20N4O2/c1-10(9-16-5-2-3-15-16)7-14-12(17)11-8-13-4-6-18-11/h2-3,5,10-11,13H,4,6-9H2,1H3,(H,14,17). The molecule has 1 aliphatic heterocycles. The highest BCUT2D eigenvalue weighted by Gasteiger charge is 2.21. The summed E-state index contributed by atoms with van der Waals surface area (Å²) >= 11 is 0. The number of nitrogens with zero attached hydrogens (tertiary/aromatic N) is 2. The van der Waals surface area contributed by atoms with E-state index < -0.39 is 0 Å². The molecule has 1 aliphatic rings. The lowest BCUT2D eigenvalue weighted by Gasteiger charge is -2.23. The fraction of sp³-hybridized carbons (Fsp3) is 0.667. The van der Waals surface area contributed by atoms with Gasteiger partial charge in [0.2, 0.25) is 5.91 Å². The Morgan fingerprint density at radius 1 is 1.72 bits per heavy atom. The van der Waals surface area contributed by atoms with Gasteiger partial charge in [0.05, 0.1) is 6.61 Å². The minimum atomic E-state index is -0.351. The summed E-state index contributed by atoms with van der Waals surface area (Å²) in [5.41, 5.74) is 0. The number of rotatable bonds is 5. The van der Waals surface area contributed by atoms with Crippen LogP contribution in [0.25, 0.3) is 0 Å². The maximum absolute atomic E-state index is 11.8. The van der Waals surface area contributed by atoms with Crippen molar-refractivity contribution in [3.63, 3.8) is 0 Å². The van der Waals surface area contributed by atoms with Gasteiger partial charge in [0.1, 0.15) is 6.10 Å². The lowest BCUT2D eigenvalue weighted by molar-refractivity contribution is -0.134. The quantitative estimate of drug-likeness (QED) is 0.750. The van der Waals surface area contributed by atoms with Gasteiger partial charge in [-0.05, 0) is 12.0 Å². The molecule has 0 aliphatic carbocycles. The zero-order valence-electron chi connectivity index (χ0n) is 10.6. The Morgan fingerprint density at radius 2 is 2.61 bits per heavy atom. The fourth-order valence-corrected chi connectivity index (χ4v) is 1.91. The van der Waals surface area contributed by atoms with Crippen LogP contribution in [0.3, 0.4) is 0 Å². The number of aromatic nitrogens is 2. The van der Waals surface area contributed by atoms with Crippen LogP contribution in [0, 0.1) is 5.92 Å². The van der Waals surface area contributed by atoms with Gasteiger partial charge in [0.15, 0.2) is 0 Å². The molecule has 0 bridgehead atoms. The molecular weight excluding hydrogens is 232 g/mol. The molecule has 1 aromatic heterocycles. The first-order valence-corrected chi connectivity index (χ1v) is 6.33. The second-order valence-electron chi connectivity index (χ2n) is 4.64. The van der Waals surface area contributed by atoms with Crippen LogP contribution in [0.5, 0.6) is 0 Å². The van der Waals surface area contributed by atoms with Crippen molar-refractivity contribution in [3.05, 3.63) is 18.5 Å². The second kappa shape index (κ2) is 6.51. The van der Waals surface area contributed by atoms with Crippen molar-refractivity contribution in [1.82, 2.24) is 20.4 Å². The first-order chi connectivity index (χ1) is 8.75. The molecule has 1 amide bonds. The lowest BCUT2D eigenvalue weighted by Crippen LogP contribution is -2.48. The molecule has 6 heteroatoms. The van der Waals surface area contributed by atoms with E-state index >= 15 is 0 Å². The van der Waals surface area contributed by atoms with Crippen LogP contribution >= 0.6 is 0 Å². The van der Waals surface area contributed by atoms with Crippen molar-refractivity contribution in [3.8, 4) is 0 Å². The SMILES string of the molecule is CC(CNC(=O)C1CNCCO1)Cn1cccn1. The topological polar surface area (TPSA) is 68.2 Å². The number of nitrogens with one attached hydrogen (secondary N) is 2. The average Bonchev–Trinajstić information content (AvgIpc) is 2.90. The van der Waals surface area contributed by atoms with Gasteiger partial charge in [-0.15, -0.1) is 0 Å². The number of amides is 1. The molecule has 2 rings (SSSR count). The monoisotopic (exact) mass is 252 g/mol. The predicted octanol–water partition coefficient (Wildman–Crippen LogP) is -0.376. The predicted molar refractivity (Wildman–Crippen MR) is 67.0 cm³/mol. The van der Waals surface area contributed by atoms with Gasteiger partial charge < -0.3 is 15.4 Å². The molecule has 2 atom stereocenters. The third-order valence-electron chi connectivity index (χ3n) is 2.90. The van der Waals surface area contributed by atoms with Crippen molar-refractivity contribution in [2.75, 3.05) is 26.2 Å². The summed E-state index contributed by atoms with van der Waals surface area (Å²) in [6.45, 7) is 5.54.